The first-order valence-corrected chi connectivity index (χ1v) is 20.7. The SMILES string of the molecule is CC/C=C\C/C=C\C/C=C\C/C=C\C/C=C\CCCC(=O)NCCCP(=O)(OC[C@@H]1OC(n2ccc(N)nc2=O)CS1)Oc1ccc(Br)cc1. The highest BCUT2D eigenvalue weighted by molar-refractivity contribution is 9.10. The van der Waals surface area contributed by atoms with E-state index in [2.05, 4.69) is 93.9 Å². The first kappa shape index (κ1) is 41.3. The molecule has 1 amide bonds. The zero-order valence-electron chi connectivity index (χ0n) is 28.7. The molecule has 3 rings (SSSR count). The van der Waals surface area contributed by atoms with Crippen LogP contribution < -0.4 is 21.3 Å². The maximum atomic E-state index is 13.8. The van der Waals surface area contributed by atoms with E-state index >= 15 is 0 Å². The number of carbonyl (C=O) groups excluding carboxylic acids is 1. The molecule has 1 aliphatic rings. The lowest BCUT2D eigenvalue weighted by Crippen LogP contribution is -2.28. The van der Waals surface area contributed by atoms with Gasteiger partial charge in [0.05, 0.1) is 12.8 Å². The van der Waals surface area contributed by atoms with Crippen LogP contribution in [0.2, 0.25) is 0 Å². The van der Waals surface area contributed by atoms with Gasteiger partial charge in [0.2, 0.25) is 5.91 Å². The number of nitrogens with two attached hydrogens (primary N) is 1. The van der Waals surface area contributed by atoms with E-state index in [0.29, 0.717) is 30.9 Å². The summed E-state index contributed by atoms with van der Waals surface area (Å²) in [6.45, 7) is 2.48. The molecule has 2 unspecified atom stereocenters. The van der Waals surface area contributed by atoms with Gasteiger partial charge in [0.15, 0.2) is 0 Å². The Kier molecular flexibility index (Phi) is 19.9. The largest absolute Gasteiger partial charge is 0.424 e. The van der Waals surface area contributed by atoms with Gasteiger partial charge >= 0.3 is 13.3 Å². The molecule has 50 heavy (non-hydrogen) atoms. The second-order valence-corrected chi connectivity index (χ2v) is 15.6. The average Bonchev–Trinajstić information content (AvgIpc) is 3.57. The fourth-order valence-corrected chi connectivity index (χ4v) is 7.61. The number of carbonyl (C=O) groups is 1. The highest BCUT2D eigenvalue weighted by Gasteiger charge is 2.33. The number of ether oxygens (including phenoxy) is 1. The number of anilines is 1. The van der Waals surface area contributed by atoms with Crippen molar-refractivity contribution in [1.29, 1.82) is 0 Å². The van der Waals surface area contributed by atoms with E-state index < -0.39 is 24.9 Å². The van der Waals surface area contributed by atoms with Crippen molar-refractivity contribution in [2.45, 2.75) is 76.4 Å². The third-order valence-corrected chi connectivity index (χ3v) is 10.7. The van der Waals surface area contributed by atoms with E-state index in [9.17, 15) is 14.2 Å². The third kappa shape index (κ3) is 17.2. The molecule has 2 aromatic rings. The average molecular weight is 790 g/mol. The molecule has 3 N–H and O–H groups in total. The number of hydrogen-bond acceptors (Lipinski definition) is 9. The first-order valence-electron chi connectivity index (χ1n) is 17.1. The van der Waals surface area contributed by atoms with Crippen LogP contribution in [0.3, 0.4) is 0 Å². The molecule has 10 nitrogen and oxygen atoms in total. The molecule has 1 fully saturated rings. The van der Waals surface area contributed by atoms with Gasteiger partial charge in [0, 0.05) is 29.4 Å². The van der Waals surface area contributed by atoms with Crippen LogP contribution in [0.5, 0.6) is 5.75 Å². The number of thioether (sulfide) groups is 1. The van der Waals surface area contributed by atoms with Gasteiger partial charge in [-0.1, -0.05) is 83.6 Å². The van der Waals surface area contributed by atoms with E-state index in [1.807, 2.05) is 0 Å². The lowest BCUT2D eigenvalue weighted by molar-refractivity contribution is -0.121. The Morgan fingerprint density at radius 3 is 2.30 bits per heavy atom. The van der Waals surface area contributed by atoms with E-state index in [1.165, 1.54) is 22.4 Å². The first-order chi connectivity index (χ1) is 24.3. The number of nitrogens with one attached hydrogen (secondary N) is 1. The minimum absolute atomic E-state index is 0.00567. The van der Waals surface area contributed by atoms with Crippen LogP contribution in [0.15, 0.2) is 107 Å². The van der Waals surface area contributed by atoms with Crippen molar-refractivity contribution in [3.8, 4) is 5.75 Å². The van der Waals surface area contributed by atoms with E-state index in [0.717, 1.165) is 49.4 Å². The van der Waals surface area contributed by atoms with E-state index in [4.69, 9.17) is 19.5 Å². The van der Waals surface area contributed by atoms with Gasteiger partial charge in [-0.25, -0.2) is 9.36 Å². The molecule has 0 bridgehead atoms. The van der Waals surface area contributed by atoms with Crippen LogP contribution in [0.25, 0.3) is 0 Å². The summed E-state index contributed by atoms with van der Waals surface area (Å²) >= 11 is 4.83. The van der Waals surface area contributed by atoms with Crippen LogP contribution in [-0.4, -0.2) is 46.0 Å². The predicted octanol–water partition coefficient (Wildman–Crippen LogP) is 8.89. The third-order valence-electron chi connectivity index (χ3n) is 7.22. The second-order valence-electron chi connectivity index (χ2n) is 11.4. The number of benzene rings is 1. The quantitative estimate of drug-likeness (QED) is 0.0643. The summed E-state index contributed by atoms with van der Waals surface area (Å²) in [5.41, 5.74) is 4.63. The number of rotatable bonds is 23. The standard InChI is InChI=1S/C37H50BrN4O6PS/c1-2-3-4-5-6-7-8-9-10-11-12-13-14-15-16-17-18-20-34(43)40-26-19-28-49(45,48-32-23-21-31(38)22-24-32)46-29-36-47-35(30-50-36)42-27-25-33(39)41-37(42)44/h3-4,6-7,9-10,12-13,15-16,21-25,27,35-36H,2,5,8,11,14,17-20,26,28-30H2,1H3,(H,40,43)(H2,39,41,44)/b4-3-,7-6-,10-9-,13-12-,16-15-/t35?,36-,49?/m1/s1. The number of amides is 1. The number of halogens is 1. The number of allylic oxidation sites excluding steroid dienone is 10. The van der Waals surface area contributed by atoms with Crippen molar-refractivity contribution in [3.05, 3.63) is 112 Å². The van der Waals surface area contributed by atoms with Crippen LogP contribution >= 0.6 is 35.3 Å². The highest BCUT2D eigenvalue weighted by atomic mass is 79.9. The summed E-state index contributed by atoms with van der Waals surface area (Å²) in [6.07, 6.45) is 30.0. The van der Waals surface area contributed by atoms with Crippen molar-refractivity contribution >= 4 is 47.0 Å². The summed E-state index contributed by atoms with van der Waals surface area (Å²) in [5, 5.41) is 2.91. The Labute approximate surface area is 309 Å². The maximum Gasteiger partial charge on any atom is 0.379 e. The minimum Gasteiger partial charge on any atom is -0.424 e. The molecular formula is C37H50BrN4O6PS. The Hall–Kier alpha value is -3.15. The summed E-state index contributed by atoms with van der Waals surface area (Å²) < 4.78 is 33.8. The monoisotopic (exact) mass is 788 g/mol. The summed E-state index contributed by atoms with van der Waals surface area (Å²) in [6, 6.07) is 8.52. The molecule has 13 heteroatoms. The maximum absolute atomic E-state index is 13.8. The molecular weight excluding hydrogens is 739 g/mol. The van der Waals surface area contributed by atoms with Gasteiger partial charge in [-0.05, 0) is 81.7 Å². The molecule has 2 heterocycles. The lowest BCUT2D eigenvalue weighted by atomic mass is 10.2. The molecule has 0 radical (unpaired) electrons. The number of nitrogens with zero attached hydrogens (tertiary/aromatic N) is 2. The van der Waals surface area contributed by atoms with Crippen molar-refractivity contribution < 1.29 is 23.1 Å². The van der Waals surface area contributed by atoms with Crippen LogP contribution in [-0.2, 0) is 18.6 Å². The van der Waals surface area contributed by atoms with E-state index in [-0.39, 0.29) is 24.5 Å². The Morgan fingerprint density at radius 1 is 1.02 bits per heavy atom. The minimum atomic E-state index is -3.61. The molecule has 1 aromatic carbocycles. The molecule has 0 aliphatic carbocycles. The van der Waals surface area contributed by atoms with E-state index in [1.54, 1.807) is 30.5 Å². The fourth-order valence-electron chi connectivity index (χ4n) is 4.63. The van der Waals surface area contributed by atoms with Gasteiger partial charge in [-0.15, -0.1) is 11.8 Å². The summed E-state index contributed by atoms with van der Waals surface area (Å²) in [7, 11) is -3.61. The number of aromatic nitrogens is 2. The molecule has 1 aromatic heterocycles. The zero-order chi connectivity index (χ0) is 35.9. The Balaban J connectivity index is 1.32. The summed E-state index contributed by atoms with van der Waals surface area (Å²) in [4.78, 5) is 28.3. The van der Waals surface area contributed by atoms with Gasteiger partial charge in [0.25, 0.3) is 0 Å². The number of hydrogen-bond donors (Lipinski definition) is 2. The van der Waals surface area contributed by atoms with Crippen molar-refractivity contribution in [2.24, 2.45) is 0 Å². The Bertz CT molecular complexity index is 1560. The molecule has 3 atom stereocenters. The van der Waals surface area contributed by atoms with Gasteiger partial charge in [-0.3, -0.25) is 13.9 Å². The van der Waals surface area contributed by atoms with Crippen molar-refractivity contribution in [3.63, 3.8) is 0 Å². The molecule has 272 valence electrons. The molecule has 1 saturated heterocycles. The van der Waals surface area contributed by atoms with Crippen LogP contribution in [0.4, 0.5) is 5.82 Å². The van der Waals surface area contributed by atoms with Gasteiger partial charge in [-0.2, -0.15) is 4.98 Å². The topological polar surface area (TPSA) is 135 Å². The van der Waals surface area contributed by atoms with Gasteiger partial charge < -0.3 is 20.3 Å². The fraction of sp³-hybridized carbons (Fsp3) is 0.432. The molecule has 0 spiro atoms. The zero-order valence-corrected chi connectivity index (χ0v) is 32.0. The van der Waals surface area contributed by atoms with Crippen molar-refractivity contribution in [1.82, 2.24) is 14.9 Å². The summed E-state index contributed by atoms with van der Waals surface area (Å²) in [5.74, 6) is 0.995. The predicted molar refractivity (Wildman–Crippen MR) is 208 cm³/mol. The lowest BCUT2D eigenvalue weighted by Gasteiger charge is -2.21. The van der Waals surface area contributed by atoms with Gasteiger partial charge in [0.1, 0.15) is 23.2 Å². The van der Waals surface area contributed by atoms with Crippen LogP contribution in [0, 0.1) is 0 Å². The van der Waals surface area contributed by atoms with Crippen molar-refractivity contribution in [2.75, 3.05) is 30.8 Å². The number of nitrogen functional groups attached to an aromatic ring is 1. The Morgan fingerprint density at radius 2 is 1.66 bits per heavy atom. The highest BCUT2D eigenvalue weighted by Crippen LogP contribution is 2.50. The number of unbranched alkanes of at least 4 members (excludes halogenated alkanes) is 1. The smallest absolute Gasteiger partial charge is 0.379 e. The normalized spacial score (nSPS) is 17.9. The molecule has 0 saturated carbocycles. The van der Waals surface area contributed by atoms with Crippen LogP contribution in [0.1, 0.15) is 70.9 Å². The molecule has 1 aliphatic heterocycles. The second kappa shape index (κ2) is 24.1.